The molecule has 1 aromatic carbocycles. The number of amides is 1. The van der Waals surface area contributed by atoms with E-state index in [0.29, 0.717) is 22.3 Å². The molecule has 3 aromatic heterocycles. The zero-order valence-electron chi connectivity index (χ0n) is 19.1. The number of carbonyl (C=O) groups is 1. The van der Waals surface area contributed by atoms with Crippen molar-refractivity contribution in [3.05, 3.63) is 69.8 Å². The predicted octanol–water partition coefficient (Wildman–Crippen LogP) is 5.41. The molecule has 35 heavy (non-hydrogen) atoms. The molecule has 5 rings (SSSR count). The lowest BCUT2D eigenvalue weighted by Gasteiger charge is -2.28. The van der Waals surface area contributed by atoms with Crippen molar-refractivity contribution in [1.82, 2.24) is 14.3 Å². The van der Waals surface area contributed by atoms with Gasteiger partial charge in [-0.1, -0.05) is 41.1 Å². The Labute approximate surface area is 217 Å². The Morgan fingerprint density at radius 3 is 2.66 bits per heavy atom. The fraction of sp³-hybridized carbons (Fsp3) is 0.292. The summed E-state index contributed by atoms with van der Waals surface area (Å²) < 4.78 is 29.7. The fourth-order valence-electron chi connectivity index (χ4n) is 4.28. The molecule has 1 amide bonds. The van der Waals surface area contributed by atoms with Crippen molar-refractivity contribution in [3.8, 4) is 0 Å². The van der Waals surface area contributed by atoms with Crippen LogP contribution in [0.3, 0.4) is 0 Å². The summed E-state index contributed by atoms with van der Waals surface area (Å²) in [6.45, 7) is 4.55. The van der Waals surface area contributed by atoms with E-state index in [9.17, 15) is 13.2 Å². The maximum absolute atomic E-state index is 14.0. The maximum atomic E-state index is 14.0. The third kappa shape index (κ3) is 4.61. The van der Waals surface area contributed by atoms with Gasteiger partial charge in [0, 0.05) is 18.9 Å². The highest BCUT2D eigenvalue weighted by Gasteiger charge is 2.42. The van der Waals surface area contributed by atoms with Crippen LogP contribution in [0.5, 0.6) is 0 Å². The highest BCUT2D eigenvalue weighted by Crippen LogP contribution is 2.37. The second kappa shape index (κ2) is 9.59. The van der Waals surface area contributed by atoms with E-state index >= 15 is 0 Å². The van der Waals surface area contributed by atoms with E-state index in [0.717, 1.165) is 38.2 Å². The number of nitrogens with zero attached hydrogens (tertiary/aromatic N) is 4. The molecule has 0 N–H and O–H groups in total. The quantitative estimate of drug-likeness (QED) is 0.323. The van der Waals surface area contributed by atoms with Gasteiger partial charge in [-0.25, -0.2) is 13.4 Å². The fourth-order valence-corrected chi connectivity index (χ4v) is 8.66. The average molecular weight is 547 g/mol. The van der Waals surface area contributed by atoms with E-state index in [1.807, 2.05) is 38.1 Å². The number of hydrogen-bond acceptors (Lipinski definition) is 7. The molecule has 7 nitrogen and oxygen atoms in total. The maximum Gasteiger partial charge on any atom is 0.253 e. The number of fused-ring (bicyclic) bond motifs is 1. The highest BCUT2D eigenvalue weighted by atomic mass is 35.5. The van der Waals surface area contributed by atoms with Crippen molar-refractivity contribution in [1.29, 1.82) is 0 Å². The molecule has 0 aliphatic carbocycles. The smallest absolute Gasteiger partial charge is 0.253 e. The molecule has 4 heterocycles. The van der Waals surface area contributed by atoms with E-state index in [-0.39, 0.29) is 23.2 Å². The van der Waals surface area contributed by atoms with Gasteiger partial charge >= 0.3 is 0 Å². The Bertz CT molecular complexity index is 1460. The summed E-state index contributed by atoms with van der Waals surface area (Å²) in [7, 11) is -3.85. The van der Waals surface area contributed by atoms with E-state index < -0.39 is 16.1 Å². The third-order valence-corrected chi connectivity index (χ3v) is 10.9. The Hall–Kier alpha value is -2.37. The van der Waals surface area contributed by atoms with Crippen LogP contribution in [0.15, 0.2) is 53.0 Å². The molecular weight excluding hydrogens is 524 g/mol. The standard InChI is InChI=1S/C24H23ClN4O3S3/c1-15-7-8-16(2)22-21(15)27-24(34-22)28(14-17-5-3-11-26-13-17)23(30)18-6-4-12-29(18)35(31,32)20-10-9-19(25)33-20/h3,5,7-11,13,18H,4,6,12,14H2,1-2H3. The molecule has 1 fully saturated rings. The number of aryl methyl sites for hydroxylation is 2. The lowest BCUT2D eigenvalue weighted by Crippen LogP contribution is -2.47. The minimum atomic E-state index is -3.85. The molecule has 0 radical (unpaired) electrons. The van der Waals surface area contributed by atoms with Crippen molar-refractivity contribution in [3.63, 3.8) is 0 Å². The number of sulfonamides is 1. The van der Waals surface area contributed by atoms with Crippen LogP contribution in [0.2, 0.25) is 4.34 Å². The van der Waals surface area contributed by atoms with E-state index in [1.54, 1.807) is 23.4 Å². The first-order chi connectivity index (χ1) is 16.8. The van der Waals surface area contributed by atoms with Gasteiger partial charge < -0.3 is 0 Å². The lowest BCUT2D eigenvalue weighted by atomic mass is 10.1. The zero-order valence-corrected chi connectivity index (χ0v) is 22.3. The Morgan fingerprint density at radius 1 is 1.17 bits per heavy atom. The van der Waals surface area contributed by atoms with Crippen LogP contribution in [0.4, 0.5) is 5.13 Å². The molecule has 4 aromatic rings. The van der Waals surface area contributed by atoms with Crippen LogP contribution < -0.4 is 4.90 Å². The van der Waals surface area contributed by atoms with Gasteiger partial charge in [-0.2, -0.15) is 4.31 Å². The van der Waals surface area contributed by atoms with Gasteiger partial charge in [0.15, 0.2) is 5.13 Å². The van der Waals surface area contributed by atoms with Gasteiger partial charge in [0.05, 0.1) is 21.1 Å². The first-order valence-electron chi connectivity index (χ1n) is 11.1. The van der Waals surface area contributed by atoms with Crippen LogP contribution in [0, 0.1) is 13.8 Å². The van der Waals surface area contributed by atoms with Crippen molar-refractivity contribution < 1.29 is 13.2 Å². The second-order valence-electron chi connectivity index (χ2n) is 8.49. The highest BCUT2D eigenvalue weighted by molar-refractivity contribution is 7.91. The summed E-state index contributed by atoms with van der Waals surface area (Å²) in [5.41, 5.74) is 3.81. The SMILES string of the molecule is Cc1ccc(C)c2sc(N(Cc3cccnc3)C(=O)C3CCCN3S(=O)(=O)c3ccc(Cl)s3)nc12. The Morgan fingerprint density at radius 2 is 1.97 bits per heavy atom. The molecular formula is C24H23ClN4O3S3. The molecule has 0 saturated carbocycles. The molecule has 11 heteroatoms. The lowest BCUT2D eigenvalue weighted by molar-refractivity contribution is -0.121. The van der Waals surface area contributed by atoms with Gasteiger partial charge in [0.1, 0.15) is 10.3 Å². The van der Waals surface area contributed by atoms with Gasteiger partial charge in [-0.15, -0.1) is 11.3 Å². The normalized spacial score (nSPS) is 16.7. The number of carbonyl (C=O) groups excluding carboxylic acids is 1. The second-order valence-corrected chi connectivity index (χ2v) is 13.3. The third-order valence-electron chi connectivity index (χ3n) is 6.09. The first-order valence-corrected chi connectivity index (χ1v) is 14.5. The minimum Gasteiger partial charge on any atom is -0.282 e. The van der Waals surface area contributed by atoms with Crippen LogP contribution >= 0.6 is 34.3 Å². The van der Waals surface area contributed by atoms with Crippen LogP contribution in [-0.2, 0) is 21.4 Å². The van der Waals surface area contributed by atoms with Crippen LogP contribution in [0.25, 0.3) is 10.2 Å². The van der Waals surface area contributed by atoms with Gasteiger partial charge in [-0.3, -0.25) is 14.7 Å². The number of thiazole rings is 1. The topological polar surface area (TPSA) is 83.5 Å². The van der Waals surface area contributed by atoms with Gasteiger partial charge in [-0.05, 0) is 61.6 Å². The summed E-state index contributed by atoms with van der Waals surface area (Å²) in [6.07, 6.45) is 4.44. The van der Waals surface area contributed by atoms with Crippen molar-refractivity contribution in [2.75, 3.05) is 11.4 Å². The molecule has 1 aliphatic heterocycles. The number of rotatable bonds is 6. The molecule has 0 bridgehead atoms. The minimum absolute atomic E-state index is 0.146. The number of anilines is 1. The molecule has 1 aliphatic rings. The van der Waals surface area contributed by atoms with E-state index in [1.165, 1.54) is 21.7 Å². The molecule has 0 spiro atoms. The first kappa shape index (κ1) is 24.3. The summed E-state index contributed by atoms with van der Waals surface area (Å²) >= 11 is 8.46. The number of thiophene rings is 1. The van der Waals surface area contributed by atoms with Crippen molar-refractivity contribution >= 4 is 65.6 Å². The predicted molar refractivity (Wildman–Crippen MR) is 141 cm³/mol. The van der Waals surface area contributed by atoms with Crippen LogP contribution in [-0.4, -0.2) is 41.2 Å². The zero-order chi connectivity index (χ0) is 24.7. The van der Waals surface area contributed by atoms with Crippen molar-refractivity contribution in [2.45, 2.75) is 43.5 Å². The average Bonchev–Trinajstić information content (AvgIpc) is 3.60. The number of halogens is 1. The monoisotopic (exact) mass is 546 g/mol. The van der Waals surface area contributed by atoms with Gasteiger partial charge in [0.25, 0.3) is 10.0 Å². The van der Waals surface area contributed by atoms with Crippen molar-refractivity contribution in [2.24, 2.45) is 0 Å². The van der Waals surface area contributed by atoms with Gasteiger partial charge in [0.2, 0.25) is 5.91 Å². The summed E-state index contributed by atoms with van der Waals surface area (Å²) in [5.74, 6) is -0.285. The number of hydrogen-bond donors (Lipinski definition) is 0. The molecule has 1 unspecified atom stereocenters. The van der Waals surface area contributed by atoms with Crippen LogP contribution in [0.1, 0.15) is 29.5 Å². The molecule has 182 valence electrons. The number of benzene rings is 1. The van der Waals surface area contributed by atoms with E-state index in [2.05, 4.69) is 4.98 Å². The summed E-state index contributed by atoms with van der Waals surface area (Å²) in [6, 6.07) is 10.0. The largest absolute Gasteiger partial charge is 0.282 e. The number of aromatic nitrogens is 2. The number of pyridine rings is 1. The van der Waals surface area contributed by atoms with E-state index in [4.69, 9.17) is 16.6 Å². The Kier molecular flexibility index (Phi) is 6.67. The molecule has 1 atom stereocenters. The Balaban J connectivity index is 1.55. The summed E-state index contributed by atoms with van der Waals surface area (Å²) in [5, 5.41) is 0.551. The summed E-state index contributed by atoms with van der Waals surface area (Å²) in [4.78, 5) is 24.7. The molecule has 1 saturated heterocycles.